The second-order valence-corrected chi connectivity index (χ2v) is 6.62. The number of amides is 1. The topological polar surface area (TPSA) is 75.6 Å². The van der Waals surface area contributed by atoms with Crippen LogP contribution in [-0.2, 0) is 9.09 Å². The van der Waals surface area contributed by atoms with Gasteiger partial charge in [0.1, 0.15) is 0 Å². The van der Waals surface area contributed by atoms with Gasteiger partial charge in [0, 0.05) is 5.69 Å². The van der Waals surface area contributed by atoms with Crippen molar-refractivity contribution in [2.45, 2.75) is 45.4 Å². The molecule has 21 heavy (non-hydrogen) atoms. The number of carbonyl (C=O) groups is 1. The van der Waals surface area contributed by atoms with Crippen molar-refractivity contribution in [3.63, 3.8) is 0 Å². The van der Waals surface area contributed by atoms with Crippen LogP contribution in [0.2, 0.25) is 0 Å². The highest BCUT2D eigenvalue weighted by Crippen LogP contribution is 2.43. The number of para-hydroxylation sites is 1. The molecule has 0 radical (unpaired) electrons. The zero-order valence-electron chi connectivity index (χ0n) is 12.5. The summed E-state index contributed by atoms with van der Waals surface area (Å²) in [6.07, 6.45) is 6.28. The Kier molecular flexibility index (Phi) is 8.28. The van der Waals surface area contributed by atoms with Crippen LogP contribution < -0.4 is 5.32 Å². The number of carbonyl (C=O) groups excluding carboxylic acids is 1. The second-order valence-electron chi connectivity index (χ2n) is 4.92. The number of rotatable bonds is 10. The van der Waals surface area contributed by atoms with Crippen LogP contribution in [-0.4, -0.2) is 17.1 Å². The highest BCUT2D eigenvalue weighted by atomic mass is 31.2. The molecule has 0 aliphatic heterocycles. The number of hydrogen-bond acceptors (Lipinski definition) is 3. The standard InChI is InChI=1S/C15H24NO4P/c1-2-3-4-5-6-10-13-20-21(18,19)15(17)16-14-11-8-7-9-12-14/h7-9,11-12H,2-6,10,13H2,1H3,(H,16,17)(H,18,19). The smallest absolute Gasteiger partial charge is 0.318 e. The lowest BCUT2D eigenvalue weighted by molar-refractivity contribution is 0.234. The van der Waals surface area contributed by atoms with Crippen LogP contribution in [0.5, 0.6) is 0 Å². The molecule has 6 heteroatoms. The summed E-state index contributed by atoms with van der Waals surface area (Å²) in [6, 6.07) is 8.55. The molecule has 0 saturated carbocycles. The third kappa shape index (κ3) is 7.42. The highest BCUT2D eigenvalue weighted by molar-refractivity contribution is 7.71. The van der Waals surface area contributed by atoms with E-state index >= 15 is 0 Å². The number of nitrogens with one attached hydrogen (secondary N) is 1. The molecule has 1 unspecified atom stereocenters. The molecule has 1 rings (SSSR count). The van der Waals surface area contributed by atoms with Gasteiger partial charge in [-0.15, -0.1) is 0 Å². The van der Waals surface area contributed by atoms with Gasteiger partial charge in [0.2, 0.25) is 0 Å². The highest BCUT2D eigenvalue weighted by Gasteiger charge is 2.30. The van der Waals surface area contributed by atoms with E-state index in [1.807, 2.05) is 0 Å². The van der Waals surface area contributed by atoms with Crippen LogP contribution in [0.3, 0.4) is 0 Å². The Morgan fingerprint density at radius 3 is 2.43 bits per heavy atom. The Balaban J connectivity index is 2.26. The molecule has 5 nitrogen and oxygen atoms in total. The van der Waals surface area contributed by atoms with Crippen LogP contribution in [0.25, 0.3) is 0 Å². The van der Waals surface area contributed by atoms with Gasteiger partial charge in [-0.2, -0.15) is 0 Å². The van der Waals surface area contributed by atoms with Crippen LogP contribution in [0.1, 0.15) is 45.4 Å². The average molecular weight is 313 g/mol. The summed E-state index contributed by atoms with van der Waals surface area (Å²) >= 11 is 0. The summed E-state index contributed by atoms with van der Waals surface area (Å²) in [5, 5.41) is 2.37. The van der Waals surface area contributed by atoms with Gasteiger partial charge in [0.15, 0.2) is 0 Å². The summed E-state index contributed by atoms with van der Waals surface area (Å²) in [7, 11) is -4.26. The van der Waals surface area contributed by atoms with E-state index in [-0.39, 0.29) is 6.61 Å². The van der Waals surface area contributed by atoms with Crippen LogP contribution in [0.4, 0.5) is 10.5 Å². The third-order valence-electron chi connectivity index (χ3n) is 3.05. The maximum Gasteiger partial charge on any atom is 0.416 e. The largest absolute Gasteiger partial charge is 0.416 e. The number of anilines is 1. The summed E-state index contributed by atoms with van der Waals surface area (Å²) < 4.78 is 16.6. The molecule has 0 saturated heterocycles. The number of hydrogen-bond donors (Lipinski definition) is 2. The van der Waals surface area contributed by atoms with E-state index in [1.165, 1.54) is 19.3 Å². The predicted octanol–water partition coefficient (Wildman–Crippen LogP) is 4.78. The molecular formula is C15H24NO4P. The van der Waals surface area contributed by atoms with E-state index < -0.39 is 13.2 Å². The summed E-state index contributed by atoms with van der Waals surface area (Å²) in [4.78, 5) is 21.3. The fourth-order valence-corrected chi connectivity index (χ4v) is 2.61. The van der Waals surface area contributed by atoms with E-state index in [2.05, 4.69) is 12.2 Å². The first-order valence-corrected chi connectivity index (χ1v) is 8.98. The predicted molar refractivity (Wildman–Crippen MR) is 84.6 cm³/mol. The SMILES string of the molecule is CCCCCCCCOP(=O)(O)C(=O)Nc1ccccc1. The van der Waals surface area contributed by atoms with E-state index in [0.29, 0.717) is 12.1 Å². The minimum atomic E-state index is -4.26. The Labute approximate surface area is 126 Å². The van der Waals surface area contributed by atoms with Gasteiger partial charge in [-0.05, 0) is 18.6 Å². The van der Waals surface area contributed by atoms with Crippen molar-refractivity contribution < 1.29 is 18.8 Å². The van der Waals surface area contributed by atoms with Gasteiger partial charge in [-0.3, -0.25) is 4.79 Å². The lowest BCUT2D eigenvalue weighted by atomic mass is 10.1. The van der Waals surface area contributed by atoms with Crippen molar-refractivity contribution in [2.24, 2.45) is 0 Å². The molecule has 0 fully saturated rings. The van der Waals surface area contributed by atoms with Crippen LogP contribution >= 0.6 is 7.60 Å². The zero-order chi connectivity index (χ0) is 15.6. The summed E-state index contributed by atoms with van der Waals surface area (Å²) in [5.41, 5.74) is -0.514. The first-order chi connectivity index (χ1) is 10.1. The molecule has 0 bridgehead atoms. The van der Waals surface area contributed by atoms with Gasteiger partial charge in [0.05, 0.1) is 6.61 Å². The van der Waals surface area contributed by atoms with Crippen molar-refractivity contribution in [3.05, 3.63) is 30.3 Å². The van der Waals surface area contributed by atoms with Gasteiger partial charge in [0.25, 0.3) is 0 Å². The lowest BCUT2D eigenvalue weighted by Gasteiger charge is -2.12. The van der Waals surface area contributed by atoms with E-state index in [1.54, 1.807) is 30.3 Å². The van der Waals surface area contributed by atoms with Gasteiger partial charge in [-0.25, -0.2) is 4.57 Å². The Morgan fingerprint density at radius 2 is 1.76 bits per heavy atom. The maximum atomic E-state index is 11.8. The minimum Gasteiger partial charge on any atom is -0.318 e. The van der Waals surface area contributed by atoms with Gasteiger partial charge in [-0.1, -0.05) is 57.2 Å². The normalized spacial score (nSPS) is 13.6. The fraction of sp³-hybridized carbons (Fsp3) is 0.533. The Bertz CT molecular complexity index is 464. The van der Waals surface area contributed by atoms with Crippen LogP contribution in [0, 0.1) is 0 Å². The second kappa shape index (κ2) is 9.72. The maximum absolute atomic E-state index is 11.8. The van der Waals surface area contributed by atoms with E-state index in [4.69, 9.17) is 4.52 Å². The van der Waals surface area contributed by atoms with Crippen molar-refractivity contribution in [1.82, 2.24) is 0 Å². The van der Waals surface area contributed by atoms with Crippen molar-refractivity contribution >= 4 is 18.9 Å². The minimum absolute atomic E-state index is 0.127. The number of benzene rings is 1. The zero-order valence-corrected chi connectivity index (χ0v) is 13.4. The molecule has 118 valence electrons. The van der Waals surface area contributed by atoms with Crippen molar-refractivity contribution in [1.29, 1.82) is 0 Å². The molecule has 2 N–H and O–H groups in total. The molecule has 0 aromatic heterocycles. The monoisotopic (exact) mass is 313 g/mol. The molecule has 1 aromatic rings. The molecule has 1 amide bonds. The molecular weight excluding hydrogens is 289 g/mol. The molecule has 0 aliphatic carbocycles. The third-order valence-corrected chi connectivity index (χ3v) is 4.20. The molecule has 0 spiro atoms. The number of unbranched alkanes of at least 4 members (excludes halogenated alkanes) is 5. The van der Waals surface area contributed by atoms with Crippen molar-refractivity contribution in [2.75, 3.05) is 11.9 Å². The van der Waals surface area contributed by atoms with E-state index in [9.17, 15) is 14.3 Å². The Hall–Kier alpha value is -1.16. The molecule has 1 atom stereocenters. The summed E-state index contributed by atoms with van der Waals surface area (Å²) in [5.74, 6) is 0. The average Bonchev–Trinajstić information content (AvgIpc) is 2.47. The molecule has 0 heterocycles. The van der Waals surface area contributed by atoms with E-state index in [0.717, 1.165) is 12.8 Å². The fourth-order valence-electron chi connectivity index (χ4n) is 1.84. The van der Waals surface area contributed by atoms with Gasteiger partial charge >= 0.3 is 13.2 Å². The molecule has 0 aliphatic rings. The van der Waals surface area contributed by atoms with Crippen LogP contribution in [0.15, 0.2) is 30.3 Å². The Morgan fingerprint density at radius 1 is 1.14 bits per heavy atom. The first-order valence-electron chi connectivity index (χ1n) is 7.40. The lowest BCUT2D eigenvalue weighted by Crippen LogP contribution is -2.12. The van der Waals surface area contributed by atoms with Crippen molar-refractivity contribution in [3.8, 4) is 0 Å². The quantitative estimate of drug-likeness (QED) is 0.481. The molecule has 1 aromatic carbocycles. The first kappa shape index (κ1) is 17.9. The van der Waals surface area contributed by atoms with Gasteiger partial charge < -0.3 is 14.7 Å². The summed E-state index contributed by atoms with van der Waals surface area (Å²) in [6.45, 7) is 2.28.